The van der Waals surface area contributed by atoms with Crippen molar-refractivity contribution in [3.05, 3.63) is 94.4 Å². The molecule has 0 fully saturated rings. The van der Waals surface area contributed by atoms with Crippen LogP contribution in [0.25, 0.3) is 16.6 Å². The lowest BCUT2D eigenvalue weighted by atomic mass is 10.1. The van der Waals surface area contributed by atoms with Crippen LogP contribution in [0.4, 0.5) is 10.1 Å². The number of hydrogen-bond donors (Lipinski definition) is 1. The number of halogens is 1. The van der Waals surface area contributed by atoms with Crippen LogP contribution in [0, 0.1) is 5.82 Å². The maximum Gasteiger partial charge on any atom is 0.259 e. The first-order valence-corrected chi connectivity index (χ1v) is 13.8. The second-order valence-corrected chi connectivity index (χ2v) is 10.2. The Kier molecular flexibility index (Phi) is 8.42. The molecule has 0 spiro atoms. The molecular formula is C32H34FN5O4. The number of ether oxygens (including phenoxy) is 2. The Labute approximate surface area is 243 Å². The van der Waals surface area contributed by atoms with Crippen molar-refractivity contribution in [2.45, 2.75) is 19.8 Å². The maximum absolute atomic E-state index is 15.7. The quantitative estimate of drug-likeness (QED) is 0.218. The molecule has 1 aliphatic heterocycles. The van der Waals surface area contributed by atoms with Crippen LogP contribution in [0.1, 0.15) is 29.4 Å². The number of nitrogens with zero attached hydrogens (tertiary/aromatic N) is 4. The number of benzene rings is 2. The normalized spacial score (nSPS) is 11.7. The SMILES string of the molecule is C/C=C\N(C)CCCNc1c(F)cc2c(=O)c(C(=O)N(C)CCc3ccccn3)cn3c2c1Oc1cc(OC)ccc1-3. The summed E-state index contributed by atoms with van der Waals surface area (Å²) >= 11 is 0. The van der Waals surface area contributed by atoms with Crippen molar-refractivity contribution in [3.63, 3.8) is 0 Å². The molecule has 0 radical (unpaired) electrons. The van der Waals surface area contributed by atoms with Crippen molar-refractivity contribution in [1.29, 1.82) is 0 Å². The number of rotatable bonds is 11. The van der Waals surface area contributed by atoms with E-state index in [0.717, 1.165) is 18.7 Å². The van der Waals surface area contributed by atoms with Crippen LogP contribution >= 0.6 is 0 Å². The van der Waals surface area contributed by atoms with Gasteiger partial charge < -0.3 is 29.2 Å². The molecule has 0 unspecified atom stereocenters. The van der Waals surface area contributed by atoms with E-state index in [1.54, 1.807) is 43.1 Å². The van der Waals surface area contributed by atoms with Gasteiger partial charge in [0, 0.05) is 64.3 Å². The molecule has 2 aromatic carbocycles. The van der Waals surface area contributed by atoms with E-state index in [1.165, 1.54) is 17.2 Å². The Morgan fingerprint density at radius 3 is 2.76 bits per heavy atom. The van der Waals surface area contributed by atoms with Gasteiger partial charge in [-0.25, -0.2) is 4.39 Å². The highest BCUT2D eigenvalue weighted by Crippen LogP contribution is 2.46. The second kappa shape index (κ2) is 12.3. The summed E-state index contributed by atoms with van der Waals surface area (Å²) < 4.78 is 29.1. The predicted octanol–water partition coefficient (Wildman–Crippen LogP) is 5.22. The number of pyridine rings is 2. The summed E-state index contributed by atoms with van der Waals surface area (Å²) in [7, 11) is 5.16. The molecule has 0 saturated carbocycles. The largest absolute Gasteiger partial charge is 0.497 e. The van der Waals surface area contributed by atoms with Gasteiger partial charge in [-0.05, 0) is 49.9 Å². The van der Waals surface area contributed by atoms with E-state index < -0.39 is 17.2 Å². The van der Waals surface area contributed by atoms with Crippen molar-refractivity contribution in [1.82, 2.24) is 19.4 Å². The van der Waals surface area contributed by atoms with Crippen molar-refractivity contribution >= 4 is 22.5 Å². The Hall–Kier alpha value is -4.86. The summed E-state index contributed by atoms with van der Waals surface area (Å²) in [5.74, 6) is 0.0558. The zero-order chi connectivity index (χ0) is 29.8. The lowest BCUT2D eigenvalue weighted by molar-refractivity contribution is 0.0794. The van der Waals surface area contributed by atoms with Crippen LogP contribution in [0.5, 0.6) is 17.2 Å². The Morgan fingerprint density at radius 2 is 2.02 bits per heavy atom. The van der Waals surface area contributed by atoms with Gasteiger partial charge in [0.25, 0.3) is 5.91 Å². The third-order valence-corrected chi connectivity index (χ3v) is 7.23. The number of carbonyl (C=O) groups is 1. The van der Waals surface area contributed by atoms with Crippen LogP contribution in [-0.4, -0.2) is 66.1 Å². The summed E-state index contributed by atoms with van der Waals surface area (Å²) in [6.45, 7) is 3.56. The summed E-state index contributed by atoms with van der Waals surface area (Å²) in [5, 5.41) is 3.23. The number of anilines is 1. The Bertz CT molecular complexity index is 1700. The van der Waals surface area contributed by atoms with Gasteiger partial charge in [-0.3, -0.25) is 14.6 Å². The molecule has 1 N–H and O–H groups in total. The smallest absolute Gasteiger partial charge is 0.259 e. The van der Waals surface area contributed by atoms with Crippen LogP contribution < -0.4 is 20.2 Å². The van der Waals surface area contributed by atoms with Crippen LogP contribution in [0.3, 0.4) is 0 Å². The highest BCUT2D eigenvalue weighted by Gasteiger charge is 2.29. The average molecular weight is 572 g/mol. The molecular weight excluding hydrogens is 537 g/mol. The van der Waals surface area contributed by atoms with Crippen LogP contribution in [-0.2, 0) is 6.42 Å². The summed E-state index contributed by atoms with van der Waals surface area (Å²) in [4.78, 5) is 35.1. The number of allylic oxidation sites excluding steroid dienone is 1. The highest BCUT2D eigenvalue weighted by atomic mass is 19.1. The molecule has 218 valence electrons. The molecule has 0 atom stereocenters. The van der Waals surface area contributed by atoms with E-state index >= 15 is 4.39 Å². The van der Waals surface area contributed by atoms with Crippen molar-refractivity contribution in [2.24, 2.45) is 0 Å². The number of amides is 1. The second-order valence-electron chi connectivity index (χ2n) is 10.2. The summed E-state index contributed by atoms with van der Waals surface area (Å²) in [5.41, 5.74) is 1.36. The zero-order valence-corrected chi connectivity index (χ0v) is 24.2. The number of aromatic nitrogens is 2. The molecule has 3 heterocycles. The van der Waals surface area contributed by atoms with Gasteiger partial charge in [-0.15, -0.1) is 0 Å². The summed E-state index contributed by atoms with van der Waals surface area (Å²) in [6.07, 6.45) is 8.42. The van der Waals surface area contributed by atoms with E-state index in [2.05, 4.69) is 10.3 Å². The molecule has 2 aromatic heterocycles. The summed E-state index contributed by atoms with van der Waals surface area (Å²) in [6, 6.07) is 12.0. The predicted molar refractivity (Wildman–Crippen MR) is 162 cm³/mol. The molecule has 1 amide bonds. The Morgan fingerprint density at radius 1 is 1.19 bits per heavy atom. The first-order valence-electron chi connectivity index (χ1n) is 13.8. The van der Waals surface area contributed by atoms with E-state index in [9.17, 15) is 9.59 Å². The molecule has 42 heavy (non-hydrogen) atoms. The first kappa shape index (κ1) is 28.7. The van der Waals surface area contributed by atoms with E-state index in [1.807, 2.05) is 49.3 Å². The minimum atomic E-state index is -0.637. The Balaban J connectivity index is 1.55. The number of fused-ring (bicyclic) bond motifs is 2. The standard InChI is InChI=1S/C32H34FN5O4/c1-5-15-36(2)16-8-14-35-28-25(33)19-23-29-31(28)42-27-18-22(41-4)10-11-26(27)38(29)20-24(30(23)39)32(40)37(3)17-12-21-9-6-7-13-34-21/h5-7,9-11,13,15,18-20,35H,8,12,14,16-17H2,1-4H3/b15-5-. The van der Waals surface area contributed by atoms with Gasteiger partial charge in [0.1, 0.15) is 22.5 Å². The lowest BCUT2D eigenvalue weighted by Crippen LogP contribution is -2.33. The molecule has 9 nitrogen and oxygen atoms in total. The monoisotopic (exact) mass is 571 g/mol. The third-order valence-electron chi connectivity index (χ3n) is 7.23. The van der Waals surface area contributed by atoms with E-state index in [-0.39, 0.29) is 22.4 Å². The van der Waals surface area contributed by atoms with E-state index in [0.29, 0.717) is 42.2 Å². The lowest BCUT2D eigenvalue weighted by Gasteiger charge is -2.27. The maximum atomic E-state index is 15.7. The van der Waals surface area contributed by atoms with E-state index in [4.69, 9.17) is 9.47 Å². The molecule has 4 aromatic rings. The number of hydrogen-bond acceptors (Lipinski definition) is 7. The highest BCUT2D eigenvalue weighted by molar-refractivity contribution is 6.01. The van der Waals surface area contributed by atoms with Crippen molar-refractivity contribution < 1.29 is 18.7 Å². The number of carbonyl (C=O) groups excluding carboxylic acids is 1. The van der Waals surface area contributed by atoms with Gasteiger partial charge in [0.2, 0.25) is 5.43 Å². The van der Waals surface area contributed by atoms with Crippen molar-refractivity contribution in [2.75, 3.05) is 46.2 Å². The molecule has 0 saturated heterocycles. The van der Waals surface area contributed by atoms with Gasteiger partial charge in [0.15, 0.2) is 17.3 Å². The zero-order valence-electron chi connectivity index (χ0n) is 24.2. The molecule has 10 heteroatoms. The fourth-order valence-electron chi connectivity index (χ4n) is 5.05. The van der Waals surface area contributed by atoms with Crippen molar-refractivity contribution in [3.8, 4) is 22.9 Å². The first-order chi connectivity index (χ1) is 20.3. The number of nitrogens with one attached hydrogen (secondary N) is 1. The molecule has 5 rings (SSSR count). The minimum absolute atomic E-state index is 0.0614. The van der Waals surface area contributed by atoms with Gasteiger partial charge in [0.05, 0.1) is 18.2 Å². The topological polar surface area (TPSA) is 88.9 Å². The number of likely N-dealkylation sites (N-methyl/N-ethyl adjacent to an activating group) is 1. The van der Waals surface area contributed by atoms with Gasteiger partial charge in [-0.2, -0.15) is 0 Å². The fraction of sp³-hybridized carbons (Fsp3) is 0.281. The van der Waals surface area contributed by atoms with Gasteiger partial charge >= 0.3 is 0 Å². The van der Waals surface area contributed by atoms with Crippen LogP contribution in [0.2, 0.25) is 0 Å². The third kappa shape index (κ3) is 5.65. The van der Waals surface area contributed by atoms with Crippen LogP contribution in [0.15, 0.2) is 71.9 Å². The minimum Gasteiger partial charge on any atom is -0.497 e. The fourth-order valence-corrected chi connectivity index (χ4v) is 5.05. The molecule has 1 aliphatic rings. The number of methoxy groups -OCH3 is 1. The molecule has 0 aliphatic carbocycles. The average Bonchev–Trinajstić information content (AvgIpc) is 3.00. The molecule has 0 bridgehead atoms. The van der Waals surface area contributed by atoms with Gasteiger partial charge in [-0.1, -0.05) is 12.1 Å².